The fraction of sp³-hybridized carbons (Fsp3) is 0.857. The topological polar surface area (TPSA) is 32.3 Å². The summed E-state index contributed by atoms with van der Waals surface area (Å²) in [4.78, 5) is 12.3. The zero-order valence-electron chi connectivity index (χ0n) is 7.61. The Labute approximate surface area is 74.9 Å². The molecule has 0 atom stereocenters. The molecule has 3 nitrogen and oxygen atoms in total. The van der Waals surface area contributed by atoms with Crippen molar-refractivity contribution in [3.8, 4) is 0 Å². The molecule has 0 saturated carbocycles. The normalized spacial score (nSPS) is 11.2. The highest BCUT2D eigenvalue weighted by Gasteiger charge is 2.28. The molecule has 0 aromatic heterocycles. The van der Waals surface area contributed by atoms with Gasteiger partial charge in [0, 0.05) is 13.1 Å². The molecular weight excluding hydrogens is 185 g/mol. The molecule has 0 aliphatic carbocycles. The summed E-state index contributed by atoms with van der Waals surface area (Å²) in [5.41, 5.74) is 0. The number of nitrogens with one attached hydrogen (secondary N) is 1. The zero-order valence-corrected chi connectivity index (χ0v) is 7.61. The number of amides is 2. The quantitative estimate of drug-likeness (QED) is 0.734. The van der Waals surface area contributed by atoms with Gasteiger partial charge in [-0.3, -0.25) is 0 Å². The highest BCUT2D eigenvalue weighted by atomic mass is 19.4. The molecule has 0 aliphatic heterocycles. The molecule has 0 aromatic rings. The van der Waals surface area contributed by atoms with Crippen LogP contribution in [0.2, 0.25) is 0 Å². The number of carbonyl (C=O) groups is 1. The molecule has 0 rings (SSSR count). The monoisotopic (exact) mass is 198 g/mol. The minimum absolute atomic E-state index is 0.403. The molecule has 0 bridgehead atoms. The second-order valence-electron chi connectivity index (χ2n) is 2.45. The lowest BCUT2D eigenvalue weighted by Crippen LogP contribution is -2.43. The largest absolute Gasteiger partial charge is 0.405 e. The van der Waals surface area contributed by atoms with E-state index in [4.69, 9.17) is 0 Å². The SMILES string of the molecule is CCN(CC)C(=O)NCC(F)(F)F. The third-order valence-electron chi connectivity index (χ3n) is 1.49. The first-order valence-corrected chi connectivity index (χ1v) is 4.00. The Morgan fingerprint density at radius 1 is 1.31 bits per heavy atom. The van der Waals surface area contributed by atoms with Crippen molar-refractivity contribution >= 4 is 6.03 Å². The van der Waals surface area contributed by atoms with Gasteiger partial charge >= 0.3 is 12.2 Å². The molecule has 0 saturated heterocycles. The van der Waals surface area contributed by atoms with Gasteiger partial charge in [-0.2, -0.15) is 13.2 Å². The smallest absolute Gasteiger partial charge is 0.329 e. The molecule has 0 unspecified atom stereocenters. The zero-order chi connectivity index (χ0) is 10.5. The Hall–Kier alpha value is -0.940. The number of halogens is 3. The maximum absolute atomic E-state index is 11.7. The Bertz CT molecular complexity index is 166. The molecule has 0 radical (unpaired) electrons. The lowest BCUT2D eigenvalue weighted by molar-refractivity contribution is -0.123. The van der Waals surface area contributed by atoms with E-state index in [1.54, 1.807) is 19.2 Å². The minimum atomic E-state index is -4.34. The van der Waals surface area contributed by atoms with Crippen LogP contribution >= 0.6 is 0 Å². The average Bonchev–Trinajstić information content (AvgIpc) is 2.02. The lowest BCUT2D eigenvalue weighted by atomic mass is 10.5. The molecule has 0 aliphatic rings. The molecular formula is C7H13F3N2O. The van der Waals surface area contributed by atoms with E-state index in [1.165, 1.54) is 4.90 Å². The summed E-state index contributed by atoms with van der Waals surface area (Å²) in [6.07, 6.45) is -4.34. The number of alkyl halides is 3. The van der Waals surface area contributed by atoms with Crippen LogP contribution in [-0.2, 0) is 0 Å². The van der Waals surface area contributed by atoms with E-state index in [0.717, 1.165) is 0 Å². The van der Waals surface area contributed by atoms with Crippen molar-refractivity contribution in [2.24, 2.45) is 0 Å². The summed E-state index contributed by atoms with van der Waals surface area (Å²) in [6, 6.07) is -0.678. The molecule has 0 heterocycles. The van der Waals surface area contributed by atoms with E-state index < -0.39 is 18.8 Å². The highest BCUT2D eigenvalue weighted by Crippen LogP contribution is 2.12. The Balaban J connectivity index is 3.86. The van der Waals surface area contributed by atoms with Gasteiger partial charge in [-0.05, 0) is 13.8 Å². The highest BCUT2D eigenvalue weighted by molar-refractivity contribution is 5.74. The first-order chi connectivity index (χ1) is 5.90. The summed E-state index contributed by atoms with van der Waals surface area (Å²) in [7, 11) is 0. The van der Waals surface area contributed by atoms with Crippen LogP contribution in [0.5, 0.6) is 0 Å². The molecule has 78 valence electrons. The van der Waals surface area contributed by atoms with Gasteiger partial charge in [-0.1, -0.05) is 0 Å². The van der Waals surface area contributed by atoms with Gasteiger partial charge < -0.3 is 10.2 Å². The van der Waals surface area contributed by atoms with E-state index in [0.29, 0.717) is 13.1 Å². The van der Waals surface area contributed by atoms with Crippen LogP contribution in [0, 0.1) is 0 Å². The predicted molar refractivity (Wildman–Crippen MR) is 42.4 cm³/mol. The van der Waals surface area contributed by atoms with Gasteiger partial charge in [-0.15, -0.1) is 0 Å². The first kappa shape index (κ1) is 12.1. The molecule has 0 spiro atoms. The summed E-state index contributed by atoms with van der Waals surface area (Å²) in [5, 5.41) is 1.79. The number of nitrogens with zero attached hydrogens (tertiary/aromatic N) is 1. The third kappa shape index (κ3) is 5.32. The Kier molecular flexibility index (Phi) is 4.58. The fourth-order valence-electron chi connectivity index (χ4n) is 0.798. The number of hydrogen-bond acceptors (Lipinski definition) is 1. The molecule has 13 heavy (non-hydrogen) atoms. The molecule has 2 amide bonds. The van der Waals surface area contributed by atoms with Crippen LogP contribution in [0.3, 0.4) is 0 Å². The Morgan fingerprint density at radius 3 is 2.08 bits per heavy atom. The van der Waals surface area contributed by atoms with Crippen LogP contribution < -0.4 is 5.32 Å². The maximum Gasteiger partial charge on any atom is 0.405 e. The van der Waals surface area contributed by atoms with Crippen LogP contribution in [-0.4, -0.2) is 36.7 Å². The van der Waals surface area contributed by atoms with Crippen molar-refractivity contribution in [1.29, 1.82) is 0 Å². The second-order valence-corrected chi connectivity index (χ2v) is 2.45. The molecule has 1 N–H and O–H groups in total. The predicted octanol–water partition coefficient (Wildman–Crippen LogP) is 1.60. The molecule has 6 heteroatoms. The number of urea groups is 1. The summed E-state index contributed by atoms with van der Waals surface area (Å²) < 4.78 is 35.0. The van der Waals surface area contributed by atoms with Crippen molar-refractivity contribution in [1.82, 2.24) is 10.2 Å². The first-order valence-electron chi connectivity index (χ1n) is 4.00. The average molecular weight is 198 g/mol. The third-order valence-corrected chi connectivity index (χ3v) is 1.49. The maximum atomic E-state index is 11.7. The van der Waals surface area contributed by atoms with Crippen LogP contribution in [0.4, 0.5) is 18.0 Å². The van der Waals surface area contributed by atoms with Crippen molar-refractivity contribution in [2.45, 2.75) is 20.0 Å². The van der Waals surface area contributed by atoms with Gasteiger partial charge in [-0.25, -0.2) is 4.79 Å². The van der Waals surface area contributed by atoms with E-state index in [1.807, 2.05) is 0 Å². The van der Waals surface area contributed by atoms with E-state index in [9.17, 15) is 18.0 Å². The van der Waals surface area contributed by atoms with Crippen molar-refractivity contribution in [3.05, 3.63) is 0 Å². The molecule has 0 fully saturated rings. The summed E-state index contributed by atoms with van der Waals surface area (Å²) in [6.45, 7) is 2.94. The summed E-state index contributed by atoms with van der Waals surface area (Å²) >= 11 is 0. The second kappa shape index (κ2) is 4.94. The summed E-state index contributed by atoms with van der Waals surface area (Å²) in [5.74, 6) is 0. The standard InChI is InChI=1S/C7H13F3N2O/c1-3-12(4-2)6(13)11-5-7(8,9)10/h3-5H2,1-2H3,(H,11,13). The van der Waals surface area contributed by atoms with Gasteiger partial charge in [0.1, 0.15) is 6.54 Å². The minimum Gasteiger partial charge on any atom is -0.329 e. The fourth-order valence-corrected chi connectivity index (χ4v) is 0.798. The van der Waals surface area contributed by atoms with E-state index in [2.05, 4.69) is 0 Å². The van der Waals surface area contributed by atoms with Crippen LogP contribution in [0.15, 0.2) is 0 Å². The van der Waals surface area contributed by atoms with Crippen molar-refractivity contribution in [3.63, 3.8) is 0 Å². The van der Waals surface area contributed by atoms with Crippen LogP contribution in [0.1, 0.15) is 13.8 Å². The van der Waals surface area contributed by atoms with Gasteiger partial charge in [0.05, 0.1) is 0 Å². The lowest BCUT2D eigenvalue weighted by Gasteiger charge is -2.19. The van der Waals surface area contributed by atoms with Gasteiger partial charge in [0.2, 0.25) is 0 Å². The van der Waals surface area contributed by atoms with E-state index in [-0.39, 0.29) is 0 Å². The van der Waals surface area contributed by atoms with Gasteiger partial charge in [0.15, 0.2) is 0 Å². The van der Waals surface area contributed by atoms with Gasteiger partial charge in [0.25, 0.3) is 0 Å². The number of hydrogen-bond donors (Lipinski definition) is 1. The Morgan fingerprint density at radius 2 is 1.77 bits per heavy atom. The number of carbonyl (C=O) groups excluding carboxylic acids is 1. The van der Waals surface area contributed by atoms with Crippen molar-refractivity contribution < 1.29 is 18.0 Å². The molecule has 0 aromatic carbocycles. The number of rotatable bonds is 3. The van der Waals surface area contributed by atoms with Crippen LogP contribution in [0.25, 0.3) is 0 Å². The van der Waals surface area contributed by atoms with E-state index >= 15 is 0 Å². The van der Waals surface area contributed by atoms with Crippen molar-refractivity contribution in [2.75, 3.05) is 19.6 Å².